The number of fused-ring (bicyclic) bond motifs is 2. The first kappa shape index (κ1) is 33.2. The third-order valence-corrected chi connectivity index (χ3v) is 5.77. The Hall–Kier alpha value is -1.81. The van der Waals surface area contributed by atoms with Gasteiger partial charge in [-0.2, -0.15) is 36.6 Å². The first-order chi connectivity index (χ1) is 15.9. The Morgan fingerprint density at radius 1 is 1.00 bits per heavy atom. The molecule has 194 valence electrons. The van der Waals surface area contributed by atoms with Gasteiger partial charge in [-0.1, -0.05) is 48.7 Å². The number of aliphatic hydroxyl groups is 1. The maximum atomic E-state index is 11.7. The maximum Gasteiger partial charge on any atom is 0.373 e. The normalized spacial score (nSPS) is 17.0. The minimum absolute atomic E-state index is 0. The molecule has 0 saturated heterocycles. The van der Waals surface area contributed by atoms with E-state index in [1.54, 1.807) is 6.07 Å². The molecule has 2 aliphatic heterocycles. The Morgan fingerprint density at radius 2 is 1.57 bits per heavy atom. The van der Waals surface area contributed by atoms with Gasteiger partial charge in [0.25, 0.3) is 0 Å². The number of ketones is 1. The Labute approximate surface area is 229 Å². The predicted octanol–water partition coefficient (Wildman–Crippen LogP) is 4.32. The third kappa shape index (κ3) is 10.8. The molecule has 0 radical (unpaired) electrons. The molecular formula is C23H32Cl2N4O4S2. The number of aliphatic hydroxyl groups excluding tert-OH is 1. The van der Waals surface area contributed by atoms with E-state index in [4.69, 9.17) is 37.9 Å². The van der Waals surface area contributed by atoms with Crippen molar-refractivity contribution in [2.75, 3.05) is 17.2 Å². The van der Waals surface area contributed by atoms with Crippen molar-refractivity contribution in [2.45, 2.75) is 64.0 Å². The number of anilines is 2. The minimum Gasteiger partial charge on any atom is -0.396 e. The fourth-order valence-electron chi connectivity index (χ4n) is 3.75. The fraction of sp³-hybridized carbons (Fsp3) is 0.478. The summed E-state index contributed by atoms with van der Waals surface area (Å²) in [6, 6.07) is 7.77. The van der Waals surface area contributed by atoms with E-state index in [-0.39, 0.29) is 51.6 Å². The molecule has 4 rings (SSSR count). The Balaban J connectivity index is 0.000000565. The highest BCUT2D eigenvalue weighted by atomic mass is 35.5. The number of hydrogen-bond acceptors (Lipinski definition) is 8. The van der Waals surface area contributed by atoms with Crippen molar-refractivity contribution in [3.8, 4) is 0 Å². The van der Waals surface area contributed by atoms with Crippen molar-refractivity contribution in [2.24, 2.45) is 0 Å². The van der Waals surface area contributed by atoms with Gasteiger partial charge in [0.05, 0.1) is 6.04 Å². The lowest BCUT2D eigenvalue weighted by Gasteiger charge is -2.25. The van der Waals surface area contributed by atoms with Crippen LogP contribution in [0.2, 0.25) is 10.3 Å². The van der Waals surface area contributed by atoms with Crippen LogP contribution in [0.5, 0.6) is 0 Å². The van der Waals surface area contributed by atoms with Crippen LogP contribution in [0, 0.1) is 0 Å². The summed E-state index contributed by atoms with van der Waals surface area (Å²) in [5.74, 6) is 1.92. The number of nitrogens with zero attached hydrogens (tertiary/aromatic N) is 2. The van der Waals surface area contributed by atoms with Crippen molar-refractivity contribution in [3.05, 3.63) is 45.7 Å². The van der Waals surface area contributed by atoms with Crippen LogP contribution in [0.15, 0.2) is 24.3 Å². The van der Waals surface area contributed by atoms with Crippen molar-refractivity contribution < 1.29 is 19.5 Å². The van der Waals surface area contributed by atoms with Crippen LogP contribution >= 0.6 is 50.2 Å². The van der Waals surface area contributed by atoms with Crippen LogP contribution in [-0.4, -0.2) is 45.7 Å². The summed E-state index contributed by atoms with van der Waals surface area (Å²) in [7, 11) is 0. The Kier molecular flexibility index (Phi) is 16.7. The first-order valence-electron chi connectivity index (χ1n) is 10.9. The highest BCUT2D eigenvalue weighted by molar-refractivity contribution is 7.59. The Bertz CT molecular complexity index is 979. The number of carbonyl (C=O) groups excluding carboxylic acids is 3. The van der Waals surface area contributed by atoms with Crippen molar-refractivity contribution in [3.63, 3.8) is 0 Å². The summed E-state index contributed by atoms with van der Waals surface area (Å²) >= 11 is 11.6. The average Bonchev–Trinajstić information content (AvgIpc) is 2.79. The minimum atomic E-state index is -0.0894. The highest BCUT2D eigenvalue weighted by Crippen LogP contribution is 2.26. The molecule has 2 aromatic heterocycles. The van der Waals surface area contributed by atoms with Gasteiger partial charge in [0.2, 0.25) is 0 Å². The molecule has 0 aromatic carbocycles. The zero-order chi connectivity index (χ0) is 24.2. The summed E-state index contributed by atoms with van der Waals surface area (Å²) in [6.07, 6.45) is 6.54. The number of carbonyl (C=O) groups is 1. The van der Waals surface area contributed by atoms with Crippen LogP contribution in [0.3, 0.4) is 0 Å². The summed E-state index contributed by atoms with van der Waals surface area (Å²) in [5.41, 5.74) is 2.18. The van der Waals surface area contributed by atoms with Crippen LogP contribution in [0.4, 0.5) is 11.6 Å². The van der Waals surface area contributed by atoms with Crippen LogP contribution in [-0.2, 0) is 27.2 Å². The quantitative estimate of drug-likeness (QED) is 0.460. The number of aromatic nitrogens is 2. The third-order valence-electron chi connectivity index (χ3n) is 5.34. The lowest BCUT2D eigenvalue weighted by molar-refractivity contribution is -0.191. The molecule has 0 aliphatic carbocycles. The molecule has 3 N–H and O–H groups in total. The van der Waals surface area contributed by atoms with E-state index in [1.807, 2.05) is 18.2 Å². The van der Waals surface area contributed by atoms with E-state index in [1.165, 1.54) is 5.56 Å². The molecule has 2 aliphatic rings. The SMILES string of the molecule is CCC[C@@H]1Nc2nc(Cl)ccc2CC1=O.O=C=O.OCCC[C@H]1CCc2ccc(Cl)nc2N1.S.S. The van der Waals surface area contributed by atoms with Gasteiger partial charge < -0.3 is 15.7 Å². The molecule has 12 heteroatoms. The molecule has 0 unspecified atom stereocenters. The van der Waals surface area contributed by atoms with E-state index in [0.29, 0.717) is 22.8 Å². The fourth-order valence-corrected chi connectivity index (χ4v) is 4.05. The Morgan fingerprint density at radius 3 is 2.14 bits per heavy atom. The molecular weight excluding hydrogens is 531 g/mol. The molecule has 8 nitrogen and oxygen atoms in total. The largest absolute Gasteiger partial charge is 0.396 e. The average molecular weight is 564 g/mol. The molecule has 2 aromatic rings. The van der Waals surface area contributed by atoms with Crippen LogP contribution in [0.25, 0.3) is 0 Å². The molecule has 0 spiro atoms. The number of rotatable bonds is 5. The highest BCUT2D eigenvalue weighted by Gasteiger charge is 2.25. The maximum absolute atomic E-state index is 11.7. The topological polar surface area (TPSA) is 121 Å². The smallest absolute Gasteiger partial charge is 0.373 e. The monoisotopic (exact) mass is 562 g/mol. The number of pyridine rings is 2. The van der Waals surface area contributed by atoms with E-state index < -0.39 is 0 Å². The zero-order valence-corrected chi connectivity index (χ0v) is 23.0. The van der Waals surface area contributed by atoms with Gasteiger partial charge in [0, 0.05) is 24.6 Å². The molecule has 2 atom stereocenters. The lowest BCUT2D eigenvalue weighted by atomic mass is 9.96. The first-order valence-corrected chi connectivity index (χ1v) is 11.6. The number of halogens is 2. The second kappa shape index (κ2) is 17.6. The summed E-state index contributed by atoms with van der Waals surface area (Å²) in [5, 5.41) is 16.3. The number of aryl methyl sites for hydroxylation is 1. The second-order valence-corrected chi connectivity index (χ2v) is 8.52. The number of nitrogens with one attached hydrogen (secondary N) is 2. The van der Waals surface area contributed by atoms with Gasteiger partial charge in [-0.05, 0) is 49.8 Å². The van der Waals surface area contributed by atoms with Gasteiger partial charge >= 0.3 is 6.15 Å². The van der Waals surface area contributed by atoms with Crippen LogP contribution < -0.4 is 10.6 Å². The standard InChI is InChI=1S/C11H15ClN2O.C11H13ClN2O.CO2.2H2S/c12-10-6-4-8-3-5-9(2-1-7-15)13-11(8)14-10;1-2-3-8-9(15)6-7-4-5-10(12)14-11(7)13-8;2-1-3;;/h4,6,9,15H,1-3,5,7H2,(H,13,14);4-5,8H,2-3,6H2,1H3,(H,13,14);;2*1H2/t9-;8-;;;/m00.../s1. The molecule has 0 fully saturated rings. The van der Waals surface area contributed by atoms with Gasteiger partial charge in [0.1, 0.15) is 21.9 Å². The zero-order valence-electron chi connectivity index (χ0n) is 19.4. The van der Waals surface area contributed by atoms with E-state index in [2.05, 4.69) is 27.5 Å². The van der Waals surface area contributed by atoms with E-state index in [0.717, 1.165) is 55.7 Å². The molecule has 0 bridgehead atoms. The van der Waals surface area contributed by atoms with Gasteiger partial charge in [0.15, 0.2) is 5.78 Å². The molecule has 0 saturated carbocycles. The lowest BCUT2D eigenvalue weighted by Crippen LogP contribution is -2.35. The van der Waals surface area contributed by atoms with Gasteiger partial charge in [-0.15, -0.1) is 0 Å². The van der Waals surface area contributed by atoms with Crippen molar-refractivity contribution >= 4 is 73.8 Å². The summed E-state index contributed by atoms with van der Waals surface area (Å²) < 4.78 is 0. The molecule has 35 heavy (non-hydrogen) atoms. The van der Waals surface area contributed by atoms with Gasteiger partial charge in [-0.3, -0.25) is 4.79 Å². The number of Topliss-reactive ketones (excluding diaryl/α,β-unsaturated/α-hetero) is 1. The molecule has 4 heterocycles. The summed E-state index contributed by atoms with van der Waals surface area (Å²) in [4.78, 5) is 36.4. The summed E-state index contributed by atoms with van der Waals surface area (Å²) in [6.45, 7) is 2.32. The second-order valence-electron chi connectivity index (χ2n) is 7.74. The van der Waals surface area contributed by atoms with Crippen LogP contribution in [0.1, 0.15) is 50.2 Å². The van der Waals surface area contributed by atoms with E-state index in [9.17, 15) is 4.79 Å². The van der Waals surface area contributed by atoms with Gasteiger partial charge in [-0.25, -0.2) is 9.97 Å². The van der Waals surface area contributed by atoms with E-state index >= 15 is 0 Å². The number of hydrogen-bond donors (Lipinski definition) is 3. The molecule has 0 amide bonds. The van der Waals surface area contributed by atoms with Crippen molar-refractivity contribution in [1.29, 1.82) is 0 Å². The predicted molar refractivity (Wildman–Crippen MR) is 147 cm³/mol. The van der Waals surface area contributed by atoms with Crippen molar-refractivity contribution in [1.82, 2.24) is 9.97 Å².